The van der Waals surface area contributed by atoms with Gasteiger partial charge in [0.25, 0.3) is 0 Å². The average Bonchev–Trinajstić information content (AvgIpc) is 2.37. The predicted octanol–water partition coefficient (Wildman–Crippen LogP) is 0.212. The van der Waals surface area contributed by atoms with E-state index in [2.05, 4.69) is 24.7 Å². The Morgan fingerprint density at radius 3 is 2.91 bits per heavy atom. The van der Waals surface area contributed by atoms with Crippen molar-refractivity contribution >= 4 is 0 Å². The van der Waals surface area contributed by atoms with Crippen molar-refractivity contribution in [3.05, 3.63) is 18.0 Å². The molecule has 11 heavy (non-hydrogen) atoms. The highest BCUT2D eigenvalue weighted by Gasteiger charge is 2.05. The molecule has 3 heteroatoms. The number of hydrogen-bond donors (Lipinski definition) is 1. The van der Waals surface area contributed by atoms with Crippen molar-refractivity contribution < 1.29 is 5.73 Å². The Morgan fingerprint density at radius 2 is 2.45 bits per heavy atom. The Kier molecular flexibility index (Phi) is 2.65. The Bertz CT molecular complexity index is 217. The summed E-state index contributed by atoms with van der Waals surface area (Å²) in [5, 5.41) is 4.18. The first-order chi connectivity index (χ1) is 5.24. The van der Waals surface area contributed by atoms with E-state index in [1.165, 1.54) is 5.69 Å². The standard InChI is InChI=1S/C8H15N3/c1-3-8(9)6-11-7(2)4-5-10-11/h4-5,8H,3,6,9H2,1-2H3/p+1/t8-/m0/s1. The Morgan fingerprint density at radius 1 is 1.73 bits per heavy atom. The molecule has 0 saturated carbocycles. The first-order valence-electron chi connectivity index (χ1n) is 4.05. The molecule has 0 aliphatic rings. The van der Waals surface area contributed by atoms with E-state index in [0.29, 0.717) is 6.04 Å². The lowest BCUT2D eigenvalue weighted by molar-refractivity contribution is -0.423. The molecular weight excluding hydrogens is 138 g/mol. The van der Waals surface area contributed by atoms with E-state index in [1.807, 2.05) is 16.9 Å². The molecule has 0 radical (unpaired) electrons. The van der Waals surface area contributed by atoms with Gasteiger partial charge in [-0.3, -0.25) is 4.68 Å². The number of hydrogen-bond acceptors (Lipinski definition) is 1. The van der Waals surface area contributed by atoms with Gasteiger partial charge in [0.15, 0.2) is 0 Å². The van der Waals surface area contributed by atoms with Crippen LogP contribution in [-0.4, -0.2) is 15.8 Å². The van der Waals surface area contributed by atoms with E-state index in [9.17, 15) is 0 Å². The van der Waals surface area contributed by atoms with Crippen molar-refractivity contribution in [1.29, 1.82) is 0 Å². The number of nitrogens with zero attached hydrogens (tertiary/aromatic N) is 2. The summed E-state index contributed by atoms with van der Waals surface area (Å²) in [6.07, 6.45) is 2.94. The second-order valence-corrected chi connectivity index (χ2v) is 2.93. The highest BCUT2D eigenvalue weighted by Crippen LogP contribution is 1.97. The molecule has 1 aromatic rings. The second-order valence-electron chi connectivity index (χ2n) is 2.93. The molecule has 0 aromatic carbocycles. The summed E-state index contributed by atoms with van der Waals surface area (Å²) >= 11 is 0. The van der Waals surface area contributed by atoms with Crippen LogP contribution < -0.4 is 5.73 Å². The second kappa shape index (κ2) is 3.53. The van der Waals surface area contributed by atoms with E-state index in [-0.39, 0.29) is 0 Å². The van der Waals surface area contributed by atoms with Gasteiger partial charge in [-0.05, 0) is 19.4 Å². The Hall–Kier alpha value is -0.830. The lowest BCUT2D eigenvalue weighted by Gasteiger charge is -2.06. The van der Waals surface area contributed by atoms with Crippen LogP contribution in [0.2, 0.25) is 0 Å². The predicted molar refractivity (Wildman–Crippen MR) is 43.9 cm³/mol. The highest BCUT2D eigenvalue weighted by molar-refractivity contribution is 4.96. The van der Waals surface area contributed by atoms with Gasteiger partial charge in [-0.25, -0.2) is 0 Å². The number of aromatic nitrogens is 2. The zero-order valence-corrected chi connectivity index (χ0v) is 7.25. The number of rotatable bonds is 3. The SMILES string of the molecule is CC[C@H]([NH3+])Cn1nccc1C. The molecule has 0 fully saturated rings. The Balaban J connectivity index is 2.56. The molecule has 0 saturated heterocycles. The molecule has 0 bridgehead atoms. The zero-order chi connectivity index (χ0) is 8.27. The summed E-state index contributed by atoms with van der Waals surface area (Å²) in [5.41, 5.74) is 5.23. The molecule has 0 aliphatic carbocycles. The van der Waals surface area contributed by atoms with Crippen LogP contribution >= 0.6 is 0 Å². The minimum Gasteiger partial charge on any atom is -0.354 e. The van der Waals surface area contributed by atoms with Crippen LogP contribution in [0.1, 0.15) is 19.0 Å². The van der Waals surface area contributed by atoms with E-state index in [4.69, 9.17) is 0 Å². The summed E-state index contributed by atoms with van der Waals surface area (Å²) in [7, 11) is 0. The van der Waals surface area contributed by atoms with Crippen molar-refractivity contribution in [3.8, 4) is 0 Å². The van der Waals surface area contributed by atoms with E-state index < -0.39 is 0 Å². The van der Waals surface area contributed by atoms with Gasteiger partial charge in [0.05, 0.1) is 6.54 Å². The van der Waals surface area contributed by atoms with Crippen LogP contribution in [0.4, 0.5) is 0 Å². The molecule has 1 heterocycles. The number of aryl methyl sites for hydroxylation is 1. The molecule has 62 valence electrons. The van der Waals surface area contributed by atoms with Crippen LogP contribution in [0.25, 0.3) is 0 Å². The van der Waals surface area contributed by atoms with Gasteiger partial charge in [-0.1, -0.05) is 6.92 Å². The van der Waals surface area contributed by atoms with Crippen molar-refractivity contribution in [3.63, 3.8) is 0 Å². The normalized spacial score (nSPS) is 13.4. The first-order valence-corrected chi connectivity index (χ1v) is 4.05. The molecule has 0 spiro atoms. The van der Waals surface area contributed by atoms with E-state index in [0.717, 1.165) is 13.0 Å². The van der Waals surface area contributed by atoms with Gasteiger partial charge in [0.2, 0.25) is 0 Å². The summed E-state index contributed by atoms with van der Waals surface area (Å²) in [4.78, 5) is 0. The van der Waals surface area contributed by atoms with Crippen LogP contribution in [0, 0.1) is 6.92 Å². The third kappa shape index (κ3) is 2.05. The highest BCUT2D eigenvalue weighted by atomic mass is 15.3. The van der Waals surface area contributed by atoms with E-state index in [1.54, 1.807) is 0 Å². The van der Waals surface area contributed by atoms with Crippen LogP contribution in [0.15, 0.2) is 12.3 Å². The topological polar surface area (TPSA) is 45.5 Å². The van der Waals surface area contributed by atoms with Gasteiger partial charge >= 0.3 is 0 Å². The molecular formula is C8H16N3+. The van der Waals surface area contributed by atoms with Crippen molar-refractivity contribution in [2.45, 2.75) is 32.9 Å². The molecule has 0 unspecified atom stereocenters. The van der Waals surface area contributed by atoms with Crippen molar-refractivity contribution in [2.24, 2.45) is 0 Å². The smallest absolute Gasteiger partial charge is 0.104 e. The summed E-state index contributed by atoms with van der Waals surface area (Å²) in [6, 6.07) is 2.50. The zero-order valence-electron chi connectivity index (χ0n) is 7.25. The van der Waals surface area contributed by atoms with Crippen LogP contribution in [-0.2, 0) is 6.54 Å². The summed E-state index contributed by atoms with van der Waals surface area (Å²) < 4.78 is 2.00. The van der Waals surface area contributed by atoms with Crippen LogP contribution in [0.3, 0.4) is 0 Å². The van der Waals surface area contributed by atoms with Crippen LogP contribution in [0.5, 0.6) is 0 Å². The lowest BCUT2D eigenvalue weighted by Crippen LogP contribution is -2.62. The van der Waals surface area contributed by atoms with Gasteiger partial charge in [-0.2, -0.15) is 5.10 Å². The quantitative estimate of drug-likeness (QED) is 0.664. The summed E-state index contributed by atoms with van der Waals surface area (Å²) in [6.45, 7) is 5.15. The van der Waals surface area contributed by atoms with Crippen molar-refractivity contribution in [2.75, 3.05) is 0 Å². The maximum atomic E-state index is 4.18. The molecule has 1 aromatic heterocycles. The molecule has 1 atom stereocenters. The molecule has 3 N–H and O–H groups in total. The van der Waals surface area contributed by atoms with Gasteiger partial charge in [0.1, 0.15) is 6.04 Å². The molecule has 0 aliphatic heterocycles. The minimum atomic E-state index is 0.480. The van der Waals surface area contributed by atoms with E-state index >= 15 is 0 Å². The Labute approximate surface area is 67.2 Å². The van der Waals surface area contributed by atoms with Crippen molar-refractivity contribution in [1.82, 2.24) is 9.78 Å². The third-order valence-corrected chi connectivity index (χ3v) is 1.94. The number of quaternary nitrogens is 1. The fourth-order valence-corrected chi connectivity index (χ4v) is 0.964. The lowest BCUT2D eigenvalue weighted by atomic mass is 10.2. The molecule has 3 nitrogen and oxygen atoms in total. The fraction of sp³-hybridized carbons (Fsp3) is 0.625. The molecule has 1 rings (SSSR count). The minimum absolute atomic E-state index is 0.480. The average molecular weight is 154 g/mol. The largest absolute Gasteiger partial charge is 0.354 e. The monoisotopic (exact) mass is 154 g/mol. The maximum Gasteiger partial charge on any atom is 0.104 e. The molecule has 0 amide bonds. The maximum absolute atomic E-state index is 4.18. The third-order valence-electron chi connectivity index (χ3n) is 1.94. The van der Waals surface area contributed by atoms with Gasteiger partial charge in [0, 0.05) is 11.9 Å². The first kappa shape index (κ1) is 8.27. The fourth-order valence-electron chi connectivity index (χ4n) is 0.964. The van der Waals surface area contributed by atoms with Gasteiger partial charge < -0.3 is 5.73 Å². The van der Waals surface area contributed by atoms with Gasteiger partial charge in [-0.15, -0.1) is 0 Å². The summed E-state index contributed by atoms with van der Waals surface area (Å²) in [5.74, 6) is 0.